The lowest BCUT2D eigenvalue weighted by Gasteiger charge is -2.26. The largest absolute Gasteiger partial charge is 0.352 e. The van der Waals surface area contributed by atoms with E-state index < -0.39 is 0 Å². The van der Waals surface area contributed by atoms with Crippen LogP contribution in [-0.2, 0) is 4.79 Å². The van der Waals surface area contributed by atoms with E-state index in [2.05, 4.69) is 39.6 Å². The van der Waals surface area contributed by atoms with Crippen molar-refractivity contribution in [3.63, 3.8) is 0 Å². The number of halogens is 1. The summed E-state index contributed by atoms with van der Waals surface area (Å²) in [6.45, 7) is 4.02. The second-order valence-electron chi connectivity index (χ2n) is 5.98. The zero-order valence-corrected chi connectivity index (χ0v) is 14.4. The first kappa shape index (κ1) is 16.5. The van der Waals surface area contributed by atoms with Crippen LogP contribution in [0.25, 0.3) is 0 Å². The SMILES string of the molecule is CC(NC(C)c1ccccc1Br)C(=O)NC1CCCCC1. The molecule has 1 aliphatic carbocycles. The van der Waals surface area contributed by atoms with E-state index in [1.165, 1.54) is 24.8 Å². The molecule has 0 aromatic heterocycles. The smallest absolute Gasteiger partial charge is 0.237 e. The van der Waals surface area contributed by atoms with Crippen molar-refractivity contribution in [3.8, 4) is 0 Å². The highest BCUT2D eigenvalue weighted by atomic mass is 79.9. The summed E-state index contributed by atoms with van der Waals surface area (Å²) in [6.07, 6.45) is 6.02. The van der Waals surface area contributed by atoms with E-state index in [1.54, 1.807) is 0 Å². The van der Waals surface area contributed by atoms with Crippen LogP contribution in [0.5, 0.6) is 0 Å². The fourth-order valence-corrected chi connectivity index (χ4v) is 3.57. The van der Waals surface area contributed by atoms with Gasteiger partial charge in [-0.1, -0.05) is 53.4 Å². The molecule has 0 radical (unpaired) electrons. The Kier molecular flexibility index (Phi) is 6.24. The van der Waals surface area contributed by atoms with Crippen molar-refractivity contribution in [2.75, 3.05) is 0 Å². The number of hydrogen-bond donors (Lipinski definition) is 2. The maximum absolute atomic E-state index is 12.3. The minimum Gasteiger partial charge on any atom is -0.352 e. The van der Waals surface area contributed by atoms with Gasteiger partial charge in [-0.05, 0) is 38.3 Å². The molecule has 4 heteroatoms. The standard InChI is InChI=1S/C17H25BrN2O/c1-12(15-10-6-7-11-16(15)18)19-13(2)17(21)20-14-8-4-3-5-9-14/h6-7,10-14,19H,3-5,8-9H2,1-2H3,(H,20,21). The lowest BCUT2D eigenvalue weighted by molar-refractivity contribution is -0.123. The minimum atomic E-state index is -0.186. The summed E-state index contributed by atoms with van der Waals surface area (Å²) in [5.74, 6) is 0.112. The van der Waals surface area contributed by atoms with Gasteiger partial charge in [0.1, 0.15) is 0 Å². The normalized spacial score (nSPS) is 19.0. The summed E-state index contributed by atoms with van der Waals surface area (Å²) >= 11 is 3.56. The summed E-state index contributed by atoms with van der Waals surface area (Å²) < 4.78 is 1.07. The topological polar surface area (TPSA) is 41.1 Å². The lowest BCUT2D eigenvalue weighted by Crippen LogP contribution is -2.47. The highest BCUT2D eigenvalue weighted by Gasteiger charge is 2.21. The third-order valence-corrected chi connectivity index (χ3v) is 4.94. The zero-order valence-electron chi connectivity index (χ0n) is 12.9. The molecule has 1 saturated carbocycles. The van der Waals surface area contributed by atoms with Crippen LogP contribution in [0.1, 0.15) is 57.6 Å². The minimum absolute atomic E-state index is 0.112. The Labute approximate surface area is 136 Å². The molecule has 2 atom stereocenters. The molecule has 1 aromatic rings. The molecule has 1 aromatic carbocycles. The Bertz CT molecular complexity index is 472. The van der Waals surface area contributed by atoms with Crippen molar-refractivity contribution in [2.45, 2.75) is 64.1 Å². The van der Waals surface area contributed by atoms with Gasteiger partial charge in [0.15, 0.2) is 0 Å². The van der Waals surface area contributed by atoms with Crippen LogP contribution >= 0.6 is 15.9 Å². The molecule has 1 fully saturated rings. The van der Waals surface area contributed by atoms with Gasteiger partial charge in [-0.25, -0.2) is 0 Å². The average Bonchev–Trinajstić information content (AvgIpc) is 2.48. The lowest BCUT2D eigenvalue weighted by atomic mass is 9.95. The van der Waals surface area contributed by atoms with Crippen molar-refractivity contribution < 1.29 is 4.79 Å². The number of rotatable bonds is 5. The van der Waals surface area contributed by atoms with Crippen molar-refractivity contribution in [2.24, 2.45) is 0 Å². The molecule has 0 heterocycles. The van der Waals surface area contributed by atoms with E-state index in [4.69, 9.17) is 0 Å². The maximum atomic E-state index is 12.3. The first-order valence-corrected chi connectivity index (χ1v) is 8.68. The molecule has 0 aliphatic heterocycles. The summed E-state index contributed by atoms with van der Waals surface area (Å²) in [4.78, 5) is 12.3. The summed E-state index contributed by atoms with van der Waals surface area (Å²) in [5.41, 5.74) is 1.18. The third kappa shape index (κ3) is 4.82. The quantitative estimate of drug-likeness (QED) is 0.842. The van der Waals surface area contributed by atoms with Gasteiger partial charge in [0, 0.05) is 16.6 Å². The van der Waals surface area contributed by atoms with Crippen LogP contribution in [0.15, 0.2) is 28.7 Å². The number of amides is 1. The van der Waals surface area contributed by atoms with Crippen LogP contribution in [0.3, 0.4) is 0 Å². The Morgan fingerprint density at radius 3 is 2.52 bits per heavy atom. The number of benzene rings is 1. The van der Waals surface area contributed by atoms with Crippen LogP contribution < -0.4 is 10.6 Å². The Morgan fingerprint density at radius 1 is 1.19 bits per heavy atom. The van der Waals surface area contributed by atoms with Crippen molar-refractivity contribution >= 4 is 21.8 Å². The molecule has 116 valence electrons. The van der Waals surface area contributed by atoms with Gasteiger partial charge in [-0.3, -0.25) is 10.1 Å². The van der Waals surface area contributed by atoms with Gasteiger partial charge in [-0.15, -0.1) is 0 Å². The molecule has 3 nitrogen and oxygen atoms in total. The fraction of sp³-hybridized carbons (Fsp3) is 0.588. The number of nitrogens with one attached hydrogen (secondary N) is 2. The van der Waals surface area contributed by atoms with E-state index in [1.807, 2.05) is 25.1 Å². The molecular formula is C17H25BrN2O. The molecular weight excluding hydrogens is 328 g/mol. The van der Waals surface area contributed by atoms with Gasteiger partial charge in [0.05, 0.1) is 6.04 Å². The first-order chi connectivity index (χ1) is 10.1. The van der Waals surface area contributed by atoms with Crippen LogP contribution in [0.2, 0.25) is 0 Å². The predicted octanol–water partition coefficient (Wildman–Crippen LogP) is 3.94. The number of carbonyl (C=O) groups is 1. The van der Waals surface area contributed by atoms with Crippen molar-refractivity contribution in [1.29, 1.82) is 0 Å². The molecule has 0 bridgehead atoms. The number of carbonyl (C=O) groups excluding carboxylic acids is 1. The Hall–Kier alpha value is -0.870. The second-order valence-corrected chi connectivity index (χ2v) is 6.83. The zero-order chi connectivity index (χ0) is 15.2. The Balaban J connectivity index is 1.86. The second kappa shape index (κ2) is 7.95. The third-order valence-electron chi connectivity index (χ3n) is 4.22. The molecule has 21 heavy (non-hydrogen) atoms. The van der Waals surface area contributed by atoms with E-state index in [0.29, 0.717) is 6.04 Å². The maximum Gasteiger partial charge on any atom is 0.237 e. The monoisotopic (exact) mass is 352 g/mol. The highest BCUT2D eigenvalue weighted by molar-refractivity contribution is 9.10. The molecule has 2 unspecified atom stereocenters. The van der Waals surface area contributed by atoms with Crippen molar-refractivity contribution in [1.82, 2.24) is 10.6 Å². The van der Waals surface area contributed by atoms with Crippen LogP contribution in [0.4, 0.5) is 0 Å². The van der Waals surface area contributed by atoms with E-state index in [-0.39, 0.29) is 18.0 Å². The van der Waals surface area contributed by atoms with Gasteiger partial charge >= 0.3 is 0 Å². The summed E-state index contributed by atoms with van der Waals surface area (Å²) in [7, 11) is 0. The fourth-order valence-electron chi connectivity index (χ4n) is 2.94. The van der Waals surface area contributed by atoms with Crippen LogP contribution in [0, 0.1) is 0 Å². The Morgan fingerprint density at radius 2 is 1.86 bits per heavy atom. The summed E-state index contributed by atoms with van der Waals surface area (Å²) in [5, 5.41) is 6.56. The average molecular weight is 353 g/mol. The molecule has 2 rings (SSSR count). The number of hydrogen-bond acceptors (Lipinski definition) is 2. The van der Waals surface area contributed by atoms with Crippen LogP contribution in [-0.4, -0.2) is 18.0 Å². The first-order valence-electron chi connectivity index (χ1n) is 7.89. The highest BCUT2D eigenvalue weighted by Crippen LogP contribution is 2.23. The molecule has 2 N–H and O–H groups in total. The molecule has 1 amide bonds. The van der Waals surface area contributed by atoms with E-state index in [9.17, 15) is 4.79 Å². The van der Waals surface area contributed by atoms with E-state index >= 15 is 0 Å². The van der Waals surface area contributed by atoms with Crippen molar-refractivity contribution in [3.05, 3.63) is 34.3 Å². The summed E-state index contributed by atoms with van der Waals surface area (Å²) in [6, 6.07) is 8.44. The molecule has 0 saturated heterocycles. The van der Waals surface area contributed by atoms with E-state index in [0.717, 1.165) is 17.3 Å². The van der Waals surface area contributed by atoms with Gasteiger partial charge in [-0.2, -0.15) is 0 Å². The molecule has 1 aliphatic rings. The van der Waals surface area contributed by atoms with Gasteiger partial charge < -0.3 is 5.32 Å². The predicted molar refractivity (Wildman–Crippen MR) is 90.2 cm³/mol. The molecule has 0 spiro atoms. The van der Waals surface area contributed by atoms with Gasteiger partial charge in [0.2, 0.25) is 5.91 Å². The van der Waals surface area contributed by atoms with Gasteiger partial charge in [0.25, 0.3) is 0 Å².